The highest BCUT2D eigenvalue weighted by Crippen LogP contribution is 2.36. The number of nitrogens with one attached hydrogen (secondary N) is 1. The van der Waals surface area contributed by atoms with Gasteiger partial charge in [-0.1, -0.05) is 0 Å². The number of carbonyl (C=O) groups excluding carboxylic acids is 1. The minimum absolute atomic E-state index is 0.0472. The molecule has 1 aromatic heterocycles. The molecule has 2 saturated heterocycles. The van der Waals surface area contributed by atoms with Gasteiger partial charge < -0.3 is 24.3 Å². The highest BCUT2D eigenvalue weighted by Gasteiger charge is 2.37. The zero-order chi connectivity index (χ0) is 21.4. The second-order valence-corrected chi connectivity index (χ2v) is 8.86. The Morgan fingerprint density at radius 1 is 1.06 bits per heavy atom. The number of likely N-dealkylation sites (tertiary alicyclic amines) is 1. The number of hydrogen-bond acceptors (Lipinski definition) is 5. The Labute approximate surface area is 182 Å². The standard InChI is InChI=1S/C24H29N3O4/c1-30-20-4-2-17(3-5-20)23(28)26-13-16-12-18(15-26)22-7-6-21(24(29)27(22)14-16)25-19-8-10-31-11-9-19/h2-7,16,18-19,25H,8-15H2,1H3/t16-,18+/m0/s1. The van der Waals surface area contributed by atoms with Crippen molar-refractivity contribution < 1.29 is 14.3 Å². The van der Waals surface area contributed by atoms with E-state index in [1.54, 1.807) is 7.11 Å². The van der Waals surface area contributed by atoms with E-state index in [9.17, 15) is 9.59 Å². The van der Waals surface area contributed by atoms with Crippen LogP contribution in [0.5, 0.6) is 5.75 Å². The SMILES string of the molecule is COc1ccc(C(=O)N2C[C@@H]3C[C@H](C2)c2ccc(NC4CCOCC4)c(=O)n2C3)cc1. The zero-order valence-electron chi connectivity index (χ0n) is 17.9. The van der Waals surface area contributed by atoms with Crippen LogP contribution in [0.1, 0.15) is 41.2 Å². The van der Waals surface area contributed by atoms with Gasteiger partial charge in [0.15, 0.2) is 0 Å². The number of ether oxygens (including phenoxy) is 2. The molecule has 7 nitrogen and oxygen atoms in total. The van der Waals surface area contributed by atoms with Gasteiger partial charge in [0.2, 0.25) is 0 Å². The smallest absolute Gasteiger partial charge is 0.274 e. The summed E-state index contributed by atoms with van der Waals surface area (Å²) in [6.45, 7) is 3.48. The molecule has 2 bridgehead atoms. The third kappa shape index (κ3) is 3.94. The predicted octanol–water partition coefficient (Wildman–Crippen LogP) is 2.71. The van der Waals surface area contributed by atoms with Crippen molar-refractivity contribution in [3.8, 4) is 5.75 Å². The quantitative estimate of drug-likeness (QED) is 0.819. The van der Waals surface area contributed by atoms with Gasteiger partial charge in [-0.15, -0.1) is 0 Å². The predicted molar refractivity (Wildman–Crippen MR) is 118 cm³/mol. The maximum atomic E-state index is 13.2. The molecule has 164 valence electrons. The summed E-state index contributed by atoms with van der Waals surface area (Å²) in [5.74, 6) is 1.28. The molecule has 3 aliphatic heterocycles. The number of carbonyl (C=O) groups is 1. The van der Waals surface area contributed by atoms with Crippen LogP contribution in [0, 0.1) is 5.92 Å². The van der Waals surface area contributed by atoms with E-state index in [4.69, 9.17) is 9.47 Å². The topological polar surface area (TPSA) is 72.8 Å². The minimum Gasteiger partial charge on any atom is -0.497 e. The van der Waals surface area contributed by atoms with Gasteiger partial charge in [0, 0.05) is 56.1 Å². The Morgan fingerprint density at radius 2 is 1.84 bits per heavy atom. The minimum atomic E-state index is 0.0472. The summed E-state index contributed by atoms with van der Waals surface area (Å²) in [7, 11) is 1.62. The van der Waals surface area contributed by atoms with Gasteiger partial charge >= 0.3 is 0 Å². The molecule has 3 aliphatic rings. The first-order valence-corrected chi connectivity index (χ1v) is 11.1. The van der Waals surface area contributed by atoms with Crippen LogP contribution in [-0.2, 0) is 11.3 Å². The van der Waals surface area contributed by atoms with Crippen LogP contribution in [0.25, 0.3) is 0 Å². The largest absolute Gasteiger partial charge is 0.497 e. The second-order valence-electron chi connectivity index (χ2n) is 8.86. The van der Waals surface area contributed by atoms with E-state index in [-0.39, 0.29) is 17.4 Å². The summed E-state index contributed by atoms with van der Waals surface area (Å²) >= 11 is 0. The normalized spacial score (nSPS) is 23.2. The maximum Gasteiger partial charge on any atom is 0.274 e. The number of anilines is 1. The molecule has 0 saturated carbocycles. The number of rotatable bonds is 4. The third-order valence-corrected chi connectivity index (χ3v) is 6.81. The lowest BCUT2D eigenvalue weighted by molar-refractivity contribution is 0.0594. The Kier molecular flexibility index (Phi) is 5.44. The Balaban J connectivity index is 1.34. The monoisotopic (exact) mass is 423 g/mol. The molecule has 1 amide bonds. The lowest BCUT2D eigenvalue weighted by Gasteiger charge is -2.43. The lowest BCUT2D eigenvalue weighted by Crippen LogP contribution is -2.49. The zero-order valence-corrected chi connectivity index (χ0v) is 17.9. The summed E-state index contributed by atoms with van der Waals surface area (Å²) in [5.41, 5.74) is 2.47. The van der Waals surface area contributed by atoms with E-state index in [0.717, 1.165) is 43.9 Å². The molecule has 31 heavy (non-hydrogen) atoms. The average molecular weight is 424 g/mol. The van der Waals surface area contributed by atoms with Crippen LogP contribution in [0.4, 0.5) is 5.69 Å². The molecule has 5 rings (SSSR count). The molecule has 0 radical (unpaired) electrons. The van der Waals surface area contributed by atoms with Crippen LogP contribution >= 0.6 is 0 Å². The molecule has 1 N–H and O–H groups in total. The van der Waals surface area contributed by atoms with Crippen molar-refractivity contribution in [1.29, 1.82) is 0 Å². The molecule has 2 fully saturated rings. The van der Waals surface area contributed by atoms with E-state index in [1.165, 1.54) is 0 Å². The molecule has 7 heteroatoms. The average Bonchev–Trinajstić information content (AvgIpc) is 2.81. The number of nitrogens with zero attached hydrogens (tertiary/aromatic N) is 2. The van der Waals surface area contributed by atoms with Gasteiger partial charge in [-0.2, -0.15) is 0 Å². The molecule has 0 unspecified atom stereocenters. The number of aromatic nitrogens is 1. The summed E-state index contributed by atoms with van der Waals surface area (Å²) in [6.07, 6.45) is 2.88. The van der Waals surface area contributed by atoms with Gasteiger partial charge in [-0.05, 0) is 61.6 Å². The second kappa shape index (κ2) is 8.38. The first-order valence-electron chi connectivity index (χ1n) is 11.1. The number of piperidine rings is 1. The Bertz CT molecular complexity index is 1010. The van der Waals surface area contributed by atoms with E-state index >= 15 is 0 Å². The van der Waals surface area contributed by atoms with Crippen LogP contribution in [0.3, 0.4) is 0 Å². The number of benzene rings is 1. The first kappa shape index (κ1) is 20.1. The Morgan fingerprint density at radius 3 is 2.58 bits per heavy atom. The molecule has 2 aromatic rings. The van der Waals surface area contributed by atoms with Gasteiger partial charge in [0.05, 0.1) is 7.11 Å². The van der Waals surface area contributed by atoms with Crippen LogP contribution < -0.4 is 15.6 Å². The molecular formula is C24H29N3O4. The summed E-state index contributed by atoms with van der Waals surface area (Å²) in [6, 6.07) is 11.6. The molecule has 1 aromatic carbocycles. The molecule has 0 aliphatic carbocycles. The molecular weight excluding hydrogens is 394 g/mol. The van der Waals surface area contributed by atoms with Crippen molar-refractivity contribution in [2.75, 3.05) is 38.7 Å². The molecule has 0 spiro atoms. The number of amides is 1. The number of methoxy groups -OCH3 is 1. The van der Waals surface area contributed by atoms with Crippen molar-refractivity contribution in [3.63, 3.8) is 0 Å². The highest BCUT2D eigenvalue weighted by molar-refractivity contribution is 5.94. The van der Waals surface area contributed by atoms with Crippen LogP contribution in [0.2, 0.25) is 0 Å². The summed E-state index contributed by atoms with van der Waals surface area (Å²) in [4.78, 5) is 28.2. The Hall–Kier alpha value is -2.80. The van der Waals surface area contributed by atoms with Gasteiger partial charge in [-0.25, -0.2) is 0 Å². The number of fused-ring (bicyclic) bond motifs is 4. The molecule has 4 heterocycles. The van der Waals surface area contributed by atoms with E-state index < -0.39 is 0 Å². The van der Waals surface area contributed by atoms with Crippen molar-refractivity contribution in [2.24, 2.45) is 5.92 Å². The highest BCUT2D eigenvalue weighted by atomic mass is 16.5. The fourth-order valence-electron chi connectivity index (χ4n) is 5.20. The van der Waals surface area contributed by atoms with E-state index in [0.29, 0.717) is 42.8 Å². The fraction of sp³-hybridized carbons (Fsp3) is 0.500. The van der Waals surface area contributed by atoms with E-state index in [1.807, 2.05) is 39.8 Å². The summed E-state index contributed by atoms with van der Waals surface area (Å²) in [5, 5.41) is 3.43. The third-order valence-electron chi connectivity index (χ3n) is 6.81. The van der Waals surface area contributed by atoms with Crippen molar-refractivity contribution in [2.45, 2.75) is 37.8 Å². The number of hydrogen-bond donors (Lipinski definition) is 1. The van der Waals surface area contributed by atoms with Gasteiger partial charge in [-0.3, -0.25) is 9.59 Å². The first-order chi connectivity index (χ1) is 15.1. The van der Waals surface area contributed by atoms with Crippen molar-refractivity contribution >= 4 is 11.6 Å². The van der Waals surface area contributed by atoms with Crippen LogP contribution in [0.15, 0.2) is 41.2 Å². The lowest BCUT2D eigenvalue weighted by atomic mass is 9.83. The van der Waals surface area contributed by atoms with Gasteiger partial charge in [0.1, 0.15) is 11.4 Å². The van der Waals surface area contributed by atoms with E-state index in [2.05, 4.69) is 11.4 Å². The molecule has 2 atom stereocenters. The number of pyridine rings is 1. The van der Waals surface area contributed by atoms with Crippen molar-refractivity contribution in [1.82, 2.24) is 9.47 Å². The van der Waals surface area contributed by atoms with Crippen molar-refractivity contribution in [3.05, 3.63) is 58.0 Å². The van der Waals surface area contributed by atoms with Gasteiger partial charge in [0.25, 0.3) is 11.5 Å². The summed E-state index contributed by atoms with van der Waals surface area (Å²) < 4.78 is 12.6. The fourth-order valence-corrected chi connectivity index (χ4v) is 5.20. The van der Waals surface area contributed by atoms with Crippen LogP contribution in [-0.4, -0.2) is 54.8 Å². The maximum absolute atomic E-state index is 13.2.